The van der Waals surface area contributed by atoms with E-state index in [9.17, 15) is 18.4 Å². The van der Waals surface area contributed by atoms with Gasteiger partial charge in [0.2, 0.25) is 5.78 Å². The quantitative estimate of drug-likeness (QED) is 0.344. The highest BCUT2D eigenvalue weighted by atomic mass is 19.2. The van der Waals surface area contributed by atoms with Crippen molar-refractivity contribution in [3.63, 3.8) is 0 Å². The number of ether oxygens (including phenoxy) is 1. The van der Waals surface area contributed by atoms with E-state index >= 15 is 0 Å². The van der Waals surface area contributed by atoms with Crippen LogP contribution in [0.1, 0.15) is 22.8 Å². The van der Waals surface area contributed by atoms with Gasteiger partial charge in [0, 0.05) is 16.5 Å². The van der Waals surface area contributed by atoms with E-state index in [-0.39, 0.29) is 12.0 Å². The fourth-order valence-corrected chi connectivity index (χ4v) is 3.34. The summed E-state index contributed by atoms with van der Waals surface area (Å²) in [7, 11) is 0. The first-order valence-corrected chi connectivity index (χ1v) is 9.00. The van der Waals surface area contributed by atoms with E-state index in [1.807, 2.05) is 36.4 Å². The number of carbonyl (C=O) groups excluding carboxylic acids is 2. The Balaban J connectivity index is 1.53. The lowest BCUT2D eigenvalue weighted by molar-refractivity contribution is -0.145. The van der Waals surface area contributed by atoms with Gasteiger partial charge < -0.3 is 9.15 Å². The fraction of sp³-hybridized carbons (Fsp3) is 0.130. The van der Waals surface area contributed by atoms with Crippen molar-refractivity contribution in [2.75, 3.05) is 0 Å². The highest BCUT2D eigenvalue weighted by Gasteiger charge is 2.22. The zero-order valence-corrected chi connectivity index (χ0v) is 15.4. The molecule has 0 aliphatic carbocycles. The van der Waals surface area contributed by atoms with Crippen LogP contribution in [0, 0.1) is 11.6 Å². The van der Waals surface area contributed by atoms with E-state index in [2.05, 4.69) is 0 Å². The van der Waals surface area contributed by atoms with Gasteiger partial charge in [-0.25, -0.2) is 8.78 Å². The second-order valence-electron chi connectivity index (χ2n) is 6.72. The van der Waals surface area contributed by atoms with Crippen LogP contribution in [-0.4, -0.2) is 17.9 Å². The van der Waals surface area contributed by atoms with E-state index in [1.54, 1.807) is 0 Å². The van der Waals surface area contributed by atoms with Crippen LogP contribution in [0.3, 0.4) is 0 Å². The van der Waals surface area contributed by atoms with Gasteiger partial charge in [-0.2, -0.15) is 0 Å². The highest BCUT2D eigenvalue weighted by Crippen LogP contribution is 2.30. The molecule has 0 saturated heterocycles. The van der Waals surface area contributed by atoms with Crippen LogP contribution in [0.2, 0.25) is 0 Å². The average Bonchev–Trinajstić information content (AvgIpc) is 3.12. The largest absolute Gasteiger partial charge is 0.464 e. The molecule has 4 nitrogen and oxygen atoms in total. The number of carbonyl (C=O) groups is 2. The summed E-state index contributed by atoms with van der Waals surface area (Å²) < 4.78 is 37.2. The molecule has 1 atom stereocenters. The Morgan fingerprint density at radius 1 is 1.03 bits per heavy atom. The van der Waals surface area contributed by atoms with Crippen LogP contribution in [0.25, 0.3) is 21.7 Å². The van der Waals surface area contributed by atoms with Crippen LogP contribution >= 0.6 is 0 Å². The Morgan fingerprint density at radius 2 is 1.83 bits per heavy atom. The predicted molar refractivity (Wildman–Crippen MR) is 104 cm³/mol. The van der Waals surface area contributed by atoms with Crippen molar-refractivity contribution in [1.29, 1.82) is 0 Å². The highest BCUT2D eigenvalue weighted by molar-refractivity contribution is 6.08. The number of hydrogen-bond donors (Lipinski definition) is 0. The van der Waals surface area contributed by atoms with E-state index in [4.69, 9.17) is 9.15 Å². The molecule has 0 N–H and O–H groups in total. The maximum atomic E-state index is 13.3. The Bertz CT molecular complexity index is 1240. The van der Waals surface area contributed by atoms with Gasteiger partial charge in [0.25, 0.3) is 0 Å². The molecule has 3 aromatic carbocycles. The number of halogens is 2. The van der Waals surface area contributed by atoms with Crippen LogP contribution < -0.4 is 0 Å². The first-order chi connectivity index (χ1) is 13.9. The van der Waals surface area contributed by atoms with Gasteiger partial charge in [-0.15, -0.1) is 0 Å². The molecule has 0 amide bonds. The monoisotopic (exact) mass is 394 g/mol. The minimum absolute atomic E-state index is 0.0658. The second-order valence-corrected chi connectivity index (χ2v) is 6.72. The molecule has 1 unspecified atom stereocenters. The summed E-state index contributed by atoms with van der Waals surface area (Å²) in [5.74, 6) is -3.42. The smallest absolute Gasteiger partial charge is 0.311 e. The summed E-state index contributed by atoms with van der Waals surface area (Å²) in [6.07, 6.45) is 0.277. The second kappa shape index (κ2) is 7.47. The molecular weight excluding hydrogens is 378 g/mol. The number of furan rings is 1. The Morgan fingerprint density at radius 3 is 2.62 bits per heavy atom. The number of esters is 1. The molecule has 0 fully saturated rings. The van der Waals surface area contributed by atoms with Crippen molar-refractivity contribution in [3.8, 4) is 0 Å². The molecule has 0 saturated carbocycles. The Kier molecular flexibility index (Phi) is 4.84. The summed E-state index contributed by atoms with van der Waals surface area (Å²) >= 11 is 0. The zero-order valence-electron chi connectivity index (χ0n) is 15.4. The Hall–Kier alpha value is -3.54. The molecule has 0 bridgehead atoms. The Labute approximate surface area is 164 Å². The van der Waals surface area contributed by atoms with Crippen molar-refractivity contribution >= 4 is 33.5 Å². The van der Waals surface area contributed by atoms with Gasteiger partial charge in [-0.1, -0.05) is 30.3 Å². The summed E-state index contributed by atoms with van der Waals surface area (Å²) in [4.78, 5) is 24.8. The standard InChI is InChI=1S/C23H16F2O4/c1-13(23(27)15-6-8-18(24)19(25)10-15)29-21(26)11-16-12-28-20-9-7-14-4-2-3-5-17(14)22(16)20/h2-10,12-13H,11H2,1H3. The average molecular weight is 394 g/mol. The molecule has 1 heterocycles. The van der Waals surface area contributed by atoms with Gasteiger partial charge in [0.15, 0.2) is 17.7 Å². The predicted octanol–water partition coefficient (Wildman–Crippen LogP) is 5.22. The molecular formula is C23H16F2O4. The topological polar surface area (TPSA) is 56.5 Å². The van der Waals surface area contributed by atoms with Crippen LogP contribution in [0.15, 0.2) is 65.3 Å². The van der Waals surface area contributed by atoms with Gasteiger partial charge in [0.1, 0.15) is 5.58 Å². The number of rotatable bonds is 5. The third-order valence-electron chi connectivity index (χ3n) is 4.76. The summed E-state index contributed by atoms with van der Waals surface area (Å²) in [6.45, 7) is 1.39. The minimum Gasteiger partial charge on any atom is -0.464 e. The van der Waals surface area contributed by atoms with Crippen molar-refractivity contribution in [1.82, 2.24) is 0 Å². The van der Waals surface area contributed by atoms with Crippen LogP contribution in [0.4, 0.5) is 8.78 Å². The lowest BCUT2D eigenvalue weighted by atomic mass is 10.0. The minimum atomic E-state index is -1.14. The number of hydrogen-bond acceptors (Lipinski definition) is 4. The van der Waals surface area contributed by atoms with Gasteiger partial charge in [-0.3, -0.25) is 9.59 Å². The van der Waals surface area contributed by atoms with E-state index in [1.165, 1.54) is 13.2 Å². The summed E-state index contributed by atoms with van der Waals surface area (Å²) in [6, 6.07) is 14.3. The molecule has 1 aromatic heterocycles. The third kappa shape index (κ3) is 3.61. The van der Waals surface area contributed by atoms with Crippen molar-refractivity contribution < 1.29 is 27.5 Å². The van der Waals surface area contributed by atoms with Gasteiger partial charge in [-0.05, 0) is 42.0 Å². The van der Waals surface area contributed by atoms with Crippen LogP contribution in [0.5, 0.6) is 0 Å². The van der Waals surface area contributed by atoms with E-state index in [0.29, 0.717) is 11.1 Å². The molecule has 0 spiro atoms. The first kappa shape index (κ1) is 18.8. The van der Waals surface area contributed by atoms with Crippen LogP contribution in [-0.2, 0) is 16.0 Å². The molecule has 146 valence electrons. The number of benzene rings is 3. The lowest BCUT2D eigenvalue weighted by Crippen LogP contribution is -2.25. The number of fused-ring (bicyclic) bond motifs is 3. The first-order valence-electron chi connectivity index (χ1n) is 9.00. The SMILES string of the molecule is CC(OC(=O)Cc1coc2ccc3ccccc3c12)C(=O)c1ccc(F)c(F)c1. The molecule has 4 aromatic rings. The number of Topliss-reactive ketones (excluding diaryl/α,β-unsaturated/α-hetero) is 1. The molecule has 0 aliphatic heterocycles. The maximum Gasteiger partial charge on any atom is 0.311 e. The van der Waals surface area contributed by atoms with Crippen molar-refractivity contribution in [2.24, 2.45) is 0 Å². The molecule has 29 heavy (non-hydrogen) atoms. The van der Waals surface area contributed by atoms with Crippen molar-refractivity contribution in [3.05, 3.63) is 83.6 Å². The molecule has 4 rings (SSSR count). The lowest BCUT2D eigenvalue weighted by Gasteiger charge is -2.12. The summed E-state index contributed by atoms with van der Waals surface area (Å²) in [5, 5.41) is 2.78. The summed E-state index contributed by atoms with van der Waals surface area (Å²) in [5.41, 5.74) is 1.23. The maximum absolute atomic E-state index is 13.3. The molecule has 0 radical (unpaired) electrons. The normalized spacial score (nSPS) is 12.2. The third-order valence-corrected chi connectivity index (χ3v) is 4.76. The van der Waals surface area contributed by atoms with Crippen molar-refractivity contribution in [2.45, 2.75) is 19.4 Å². The fourth-order valence-electron chi connectivity index (χ4n) is 3.34. The van der Waals surface area contributed by atoms with E-state index < -0.39 is 29.5 Å². The molecule has 0 aliphatic rings. The van der Waals surface area contributed by atoms with Gasteiger partial charge >= 0.3 is 5.97 Å². The van der Waals surface area contributed by atoms with E-state index in [0.717, 1.165) is 34.4 Å². The number of ketones is 1. The van der Waals surface area contributed by atoms with Gasteiger partial charge in [0.05, 0.1) is 12.7 Å². The zero-order chi connectivity index (χ0) is 20.5. The molecule has 6 heteroatoms.